The number of nitrogens with one attached hydrogen (secondary N) is 1. The molecule has 9 heteroatoms. The molecular formula is C28H35FN6O2. The summed E-state index contributed by atoms with van der Waals surface area (Å²) in [6, 6.07) is 5.61. The van der Waals surface area contributed by atoms with E-state index in [4.69, 9.17) is 4.74 Å². The minimum absolute atomic E-state index is 0.00885. The Kier molecular flexibility index (Phi) is 6.66. The van der Waals surface area contributed by atoms with E-state index in [1.165, 1.54) is 17.3 Å². The number of pyridine rings is 1. The Hall–Kier alpha value is -3.46. The maximum atomic E-state index is 14.2. The van der Waals surface area contributed by atoms with Crippen molar-refractivity contribution in [2.45, 2.75) is 51.2 Å². The SMILES string of the molecule is CCOc1cc(C(C)N2CC3(CC3)c3c(CN(C)C)cc(Cn4ccnc4NC)cc3C2=O)ncc1F. The molecule has 1 saturated carbocycles. The Labute approximate surface area is 217 Å². The third-order valence-corrected chi connectivity index (χ3v) is 7.44. The van der Waals surface area contributed by atoms with Crippen LogP contribution in [0.15, 0.2) is 36.8 Å². The zero-order valence-electron chi connectivity index (χ0n) is 22.2. The lowest BCUT2D eigenvalue weighted by molar-refractivity contribution is 0.0633. The van der Waals surface area contributed by atoms with Crippen LogP contribution in [0.5, 0.6) is 5.75 Å². The molecule has 1 fully saturated rings. The van der Waals surface area contributed by atoms with Crippen LogP contribution in [0.3, 0.4) is 0 Å². The zero-order chi connectivity index (χ0) is 26.3. The fourth-order valence-electron chi connectivity index (χ4n) is 5.57. The van der Waals surface area contributed by atoms with Crippen LogP contribution in [0.2, 0.25) is 0 Å². The van der Waals surface area contributed by atoms with Gasteiger partial charge < -0.3 is 24.4 Å². The molecule has 1 amide bonds. The third-order valence-electron chi connectivity index (χ3n) is 7.44. The number of amides is 1. The lowest BCUT2D eigenvalue weighted by Crippen LogP contribution is -2.45. The van der Waals surface area contributed by atoms with Gasteiger partial charge in [0.15, 0.2) is 11.6 Å². The summed E-state index contributed by atoms with van der Waals surface area (Å²) in [5, 5.41) is 3.12. The average Bonchev–Trinajstić information content (AvgIpc) is 3.49. The first-order chi connectivity index (χ1) is 17.8. The van der Waals surface area contributed by atoms with Gasteiger partial charge in [0.1, 0.15) is 0 Å². The minimum Gasteiger partial charge on any atom is -0.491 e. The number of benzene rings is 1. The van der Waals surface area contributed by atoms with Gasteiger partial charge in [-0.3, -0.25) is 9.78 Å². The number of aromatic nitrogens is 3. The summed E-state index contributed by atoms with van der Waals surface area (Å²) in [6.45, 7) is 6.14. The van der Waals surface area contributed by atoms with Crippen molar-refractivity contribution in [1.29, 1.82) is 0 Å². The summed E-state index contributed by atoms with van der Waals surface area (Å²) >= 11 is 0. The highest BCUT2D eigenvalue weighted by molar-refractivity contribution is 5.98. The summed E-state index contributed by atoms with van der Waals surface area (Å²) in [4.78, 5) is 26.8. The predicted molar refractivity (Wildman–Crippen MR) is 140 cm³/mol. The van der Waals surface area contributed by atoms with Gasteiger partial charge in [0.25, 0.3) is 5.91 Å². The topological polar surface area (TPSA) is 75.5 Å². The first-order valence-corrected chi connectivity index (χ1v) is 12.9. The van der Waals surface area contributed by atoms with E-state index in [1.807, 2.05) is 36.6 Å². The van der Waals surface area contributed by atoms with Gasteiger partial charge in [-0.05, 0) is 63.5 Å². The number of nitrogens with zero attached hydrogens (tertiary/aromatic N) is 5. The number of anilines is 1. The Morgan fingerprint density at radius 1 is 1.24 bits per heavy atom. The van der Waals surface area contributed by atoms with Gasteiger partial charge in [-0.15, -0.1) is 0 Å². The van der Waals surface area contributed by atoms with E-state index in [1.54, 1.807) is 12.3 Å². The fraction of sp³-hybridized carbons (Fsp3) is 0.464. The quantitative estimate of drug-likeness (QED) is 0.469. The molecule has 37 heavy (non-hydrogen) atoms. The van der Waals surface area contributed by atoms with E-state index in [-0.39, 0.29) is 23.1 Å². The molecule has 3 heterocycles. The van der Waals surface area contributed by atoms with E-state index >= 15 is 0 Å². The predicted octanol–water partition coefficient (Wildman–Crippen LogP) is 4.22. The van der Waals surface area contributed by atoms with Crippen LogP contribution in [0, 0.1) is 5.82 Å². The van der Waals surface area contributed by atoms with E-state index in [0.717, 1.165) is 36.5 Å². The molecule has 1 N–H and O–H groups in total. The summed E-state index contributed by atoms with van der Waals surface area (Å²) in [5.74, 6) is 0.441. The molecule has 2 aromatic heterocycles. The van der Waals surface area contributed by atoms with Crippen molar-refractivity contribution in [3.05, 3.63) is 70.6 Å². The lowest BCUT2D eigenvalue weighted by Gasteiger charge is -2.40. The number of rotatable bonds is 9. The normalized spacial score (nSPS) is 16.7. The number of carbonyl (C=O) groups excluding carboxylic acids is 1. The highest BCUT2D eigenvalue weighted by Crippen LogP contribution is 2.55. The Morgan fingerprint density at radius 2 is 2.03 bits per heavy atom. The molecule has 0 bridgehead atoms. The first-order valence-electron chi connectivity index (χ1n) is 12.9. The highest BCUT2D eigenvalue weighted by atomic mass is 19.1. The Balaban J connectivity index is 1.55. The molecule has 1 atom stereocenters. The molecule has 0 radical (unpaired) electrons. The number of ether oxygens (including phenoxy) is 1. The number of imidazole rings is 1. The van der Waals surface area contributed by atoms with Crippen molar-refractivity contribution in [2.24, 2.45) is 0 Å². The molecule has 2 aliphatic rings. The first kappa shape index (κ1) is 25.2. The lowest BCUT2D eigenvalue weighted by atomic mass is 9.81. The van der Waals surface area contributed by atoms with Crippen LogP contribution >= 0.6 is 0 Å². The summed E-state index contributed by atoms with van der Waals surface area (Å²) in [7, 11) is 5.97. The van der Waals surface area contributed by atoms with Gasteiger partial charge in [0.2, 0.25) is 5.95 Å². The van der Waals surface area contributed by atoms with Crippen molar-refractivity contribution in [2.75, 3.05) is 39.6 Å². The van der Waals surface area contributed by atoms with Gasteiger partial charge in [0.05, 0.1) is 31.1 Å². The average molecular weight is 507 g/mol. The van der Waals surface area contributed by atoms with Crippen LogP contribution in [0.25, 0.3) is 0 Å². The maximum absolute atomic E-state index is 14.2. The molecule has 1 aromatic carbocycles. The smallest absolute Gasteiger partial charge is 0.254 e. The van der Waals surface area contributed by atoms with Crippen molar-refractivity contribution < 1.29 is 13.9 Å². The number of carbonyl (C=O) groups is 1. The van der Waals surface area contributed by atoms with E-state index in [2.05, 4.69) is 46.4 Å². The highest BCUT2D eigenvalue weighted by Gasteiger charge is 2.53. The Bertz CT molecular complexity index is 1320. The molecule has 1 aliphatic heterocycles. The monoisotopic (exact) mass is 506 g/mol. The van der Waals surface area contributed by atoms with Crippen molar-refractivity contribution in [3.63, 3.8) is 0 Å². The van der Waals surface area contributed by atoms with E-state index in [9.17, 15) is 9.18 Å². The molecule has 5 rings (SSSR count). The van der Waals surface area contributed by atoms with Crippen LogP contribution in [-0.2, 0) is 18.5 Å². The second-order valence-corrected chi connectivity index (χ2v) is 10.4. The zero-order valence-corrected chi connectivity index (χ0v) is 22.2. The van der Waals surface area contributed by atoms with Crippen molar-refractivity contribution >= 4 is 11.9 Å². The maximum Gasteiger partial charge on any atom is 0.254 e. The molecular weight excluding hydrogens is 471 g/mol. The molecule has 1 aliphatic carbocycles. The number of halogens is 1. The van der Waals surface area contributed by atoms with Crippen LogP contribution in [-0.4, -0.2) is 64.5 Å². The fourth-order valence-corrected chi connectivity index (χ4v) is 5.57. The molecule has 196 valence electrons. The van der Waals surface area contributed by atoms with Gasteiger partial charge in [-0.1, -0.05) is 6.07 Å². The van der Waals surface area contributed by atoms with Gasteiger partial charge in [-0.25, -0.2) is 9.37 Å². The van der Waals surface area contributed by atoms with Crippen LogP contribution < -0.4 is 10.1 Å². The third kappa shape index (κ3) is 4.68. The van der Waals surface area contributed by atoms with Crippen molar-refractivity contribution in [1.82, 2.24) is 24.3 Å². The molecule has 1 spiro atoms. The number of hydrogen-bond donors (Lipinski definition) is 1. The largest absolute Gasteiger partial charge is 0.491 e. The van der Waals surface area contributed by atoms with Crippen molar-refractivity contribution in [3.8, 4) is 5.75 Å². The second-order valence-electron chi connectivity index (χ2n) is 10.4. The molecule has 3 aromatic rings. The summed E-state index contributed by atoms with van der Waals surface area (Å²) < 4.78 is 21.7. The summed E-state index contributed by atoms with van der Waals surface area (Å²) in [6.07, 6.45) is 6.98. The number of fused-ring (bicyclic) bond motifs is 2. The molecule has 1 unspecified atom stereocenters. The Morgan fingerprint density at radius 3 is 2.70 bits per heavy atom. The summed E-state index contributed by atoms with van der Waals surface area (Å²) in [5.41, 5.74) is 4.81. The van der Waals surface area contributed by atoms with Gasteiger partial charge in [0, 0.05) is 49.6 Å². The number of hydrogen-bond acceptors (Lipinski definition) is 6. The van der Waals surface area contributed by atoms with Gasteiger partial charge >= 0.3 is 0 Å². The standard InChI is InChI=1S/C28H35FN6O2/c1-6-37-24-13-23(32-14-22(24)29)18(2)35-17-28(7-8-28)25-20(16-33(4)5)11-19(12-21(25)26(35)36)15-34-10-9-31-27(34)30-3/h9-14,18H,6-8,15-17H2,1-5H3,(H,30,31). The van der Waals surface area contributed by atoms with E-state index < -0.39 is 5.82 Å². The van der Waals surface area contributed by atoms with Gasteiger partial charge in [-0.2, -0.15) is 0 Å². The van der Waals surface area contributed by atoms with E-state index in [0.29, 0.717) is 25.4 Å². The minimum atomic E-state index is -0.495. The molecule has 0 saturated heterocycles. The molecule has 8 nitrogen and oxygen atoms in total. The van der Waals surface area contributed by atoms with Crippen LogP contribution in [0.1, 0.15) is 65.5 Å². The van der Waals surface area contributed by atoms with Crippen LogP contribution in [0.4, 0.5) is 10.3 Å². The second kappa shape index (κ2) is 9.78.